The van der Waals surface area contributed by atoms with Gasteiger partial charge in [0.15, 0.2) is 0 Å². The first-order valence-electron chi connectivity index (χ1n) is 3.53. The van der Waals surface area contributed by atoms with Gasteiger partial charge in [0.25, 0.3) is 0 Å². The van der Waals surface area contributed by atoms with Crippen molar-refractivity contribution in [3.63, 3.8) is 0 Å². The van der Waals surface area contributed by atoms with Crippen molar-refractivity contribution in [2.75, 3.05) is 32.2 Å². The SMILES string of the molecule is C1N2CN3CP(C2)CN1S3. The first-order chi connectivity index (χ1) is 4.90. The highest BCUT2D eigenvalue weighted by Gasteiger charge is 2.38. The van der Waals surface area contributed by atoms with Crippen molar-refractivity contribution < 1.29 is 0 Å². The van der Waals surface area contributed by atoms with Crippen LogP contribution in [0.1, 0.15) is 0 Å². The number of hydrogen-bond donors (Lipinski definition) is 0. The summed E-state index contributed by atoms with van der Waals surface area (Å²) in [5.41, 5.74) is 0. The topological polar surface area (TPSA) is 9.72 Å². The maximum absolute atomic E-state index is 2.55. The van der Waals surface area contributed by atoms with E-state index in [1.807, 2.05) is 12.1 Å². The van der Waals surface area contributed by atoms with E-state index in [9.17, 15) is 0 Å². The molecule has 4 bridgehead atoms. The van der Waals surface area contributed by atoms with E-state index in [4.69, 9.17) is 0 Å². The summed E-state index contributed by atoms with van der Waals surface area (Å²) in [6.07, 6.45) is 4.17. The molecule has 0 saturated carbocycles. The lowest BCUT2D eigenvalue weighted by molar-refractivity contribution is 0.135. The number of rotatable bonds is 0. The molecule has 2 unspecified atom stereocenters. The molecule has 5 heteroatoms. The number of hydrogen-bond acceptors (Lipinski definition) is 4. The van der Waals surface area contributed by atoms with Crippen molar-refractivity contribution in [2.24, 2.45) is 0 Å². The second-order valence-electron chi connectivity index (χ2n) is 3.09. The van der Waals surface area contributed by atoms with Gasteiger partial charge in [-0.25, -0.2) is 8.61 Å². The Hall–Kier alpha value is 0.660. The first-order valence-corrected chi connectivity index (χ1v) is 6.16. The Morgan fingerprint density at radius 1 is 1.00 bits per heavy atom. The summed E-state index contributed by atoms with van der Waals surface area (Å²) in [6.45, 7) is 2.42. The zero-order valence-electron chi connectivity index (χ0n) is 5.73. The fourth-order valence-electron chi connectivity index (χ4n) is 1.80. The molecule has 4 rings (SSSR count). The van der Waals surface area contributed by atoms with Crippen molar-refractivity contribution in [3.8, 4) is 0 Å². The van der Waals surface area contributed by atoms with Gasteiger partial charge in [-0.3, -0.25) is 4.90 Å². The van der Waals surface area contributed by atoms with Gasteiger partial charge in [0, 0.05) is 31.0 Å². The molecule has 2 atom stereocenters. The highest BCUT2D eigenvalue weighted by molar-refractivity contribution is 7.95. The van der Waals surface area contributed by atoms with Crippen LogP contribution in [-0.2, 0) is 0 Å². The molecule has 56 valence electrons. The zero-order valence-corrected chi connectivity index (χ0v) is 7.44. The third-order valence-electron chi connectivity index (χ3n) is 2.06. The predicted molar refractivity (Wildman–Crippen MR) is 44.4 cm³/mol. The molecule has 0 radical (unpaired) electrons. The molecule has 0 aromatic heterocycles. The summed E-state index contributed by atoms with van der Waals surface area (Å²) in [5.74, 6) is 0. The highest BCUT2D eigenvalue weighted by Crippen LogP contribution is 2.52. The Balaban J connectivity index is 1.90. The second kappa shape index (κ2) is 2.08. The normalized spacial score (nSPS) is 57.6. The maximum atomic E-state index is 2.55. The van der Waals surface area contributed by atoms with Crippen LogP contribution in [0, 0.1) is 0 Å². The Morgan fingerprint density at radius 3 is 2.20 bits per heavy atom. The fourth-order valence-corrected chi connectivity index (χ4v) is 6.03. The second-order valence-corrected chi connectivity index (χ2v) is 6.48. The summed E-state index contributed by atoms with van der Waals surface area (Å²) in [7, 11) is 0.345. The van der Waals surface area contributed by atoms with Crippen molar-refractivity contribution in [1.29, 1.82) is 0 Å². The molecular weight excluding hydrogens is 165 g/mol. The van der Waals surface area contributed by atoms with Crippen LogP contribution in [0.2, 0.25) is 0 Å². The van der Waals surface area contributed by atoms with Gasteiger partial charge in [0.05, 0.1) is 13.3 Å². The summed E-state index contributed by atoms with van der Waals surface area (Å²) in [6, 6.07) is 0. The Morgan fingerprint density at radius 2 is 1.70 bits per heavy atom. The lowest BCUT2D eigenvalue weighted by Gasteiger charge is -2.53. The van der Waals surface area contributed by atoms with Gasteiger partial charge in [-0.2, -0.15) is 0 Å². The van der Waals surface area contributed by atoms with Gasteiger partial charge in [0.2, 0.25) is 0 Å². The van der Waals surface area contributed by atoms with Crippen LogP contribution in [0.4, 0.5) is 0 Å². The molecule has 10 heavy (non-hydrogen) atoms. The Bertz CT molecular complexity index is 108. The van der Waals surface area contributed by atoms with Gasteiger partial charge < -0.3 is 0 Å². The van der Waals surface area contributed by atoms with Crippen LogP contribution in [0.5, 0.6) is 0 Å². The minimum atomic E-state index is 0.345. The molecule has 0 aliphatic carbocycles. The average molecular weight is 175 g/mol. The predicted octanol–water partition coefficient (Wildman–Crippen LogP) is 0.766. The van der Waals surface area contributed by atoms with Crippen molar-refractivity contribution in [3.05, 3.63) is 0 Å². The molecule has 0 N–H and O–H groups in total. The van der Waals surface area contributed by atoms with Crippen LogP contribution in [0.15, 0.2) is 0 Å². The van der Waals surface area contributed by atoms with Crippen LogP contribution in [0.25, 0.3) is 0 Å². The molecule has 0 aromatic rings. The molecule has 3 nitrogen and oxygen atoms in total. The Labute approximate surface area is 66.4 Å². The highest BCUT2D eigenvalue weighted by atomic mass is 32.2. The van der Waals surface area contributed by atoms with Crippen molar-refractivity contribution in [2.45, 2.75) is 0 Å². The molecule has 4 heterocycles. The first kappa shape index (κ1) is 6.21. The van der Waals surface area contributed by atoms with Gasteiger partial charge >= 0.3 is 0 Å². The summed E-state index contributed by atoms with van der Waals surface area (Å²) < 4.78 is 4.98. The minimum Gasteiger partial charge on any atom is -0.272 e. The van der Waals surface area contributed by atoms with Crippen LogP contribution in [0.3, 0.4) is 0 Å². The molecule has 4 aliphatic rings. The fraction of sp³-hybridized carbons (Fsp3) is 1.00. The van der Waals surface area contributed by atoms with Gasteiger partial charge in [-0.05, 0) is 0 Å². The summed E-state index contributed by atoms with van der Waals surface area (Å²) in [4.78, 5) is 2.55. The van der Waals surface area contributed by atoms with Gasteiger partial charge in [-0.15, -0.1) is 0 Å². The molecule has 0 aromatic carbocycles. The summed E-state index contributed by atoms with van der Waals surface area (Å²) in [5, 5.41) is 0. The van der Waals surface area contributed by atoms with Crippen molar-refractivity contribution >= 4 is 20.1 Å². The molecule has 0 spiro atoms. The van der Waals surface area contributed by atoms with E-state index in [-0.39, 0.29) is 0 Å². The Kier molecular flexibility index (Phi) is 1.29. The van der Waals surface area contributed by atoms with E-state index in [2.05, 4.69) is 13.5 Å². The average Bonchev–Trinajstić information content (AvgIpc) is 1.82. The van der Waals surface area contributed by atoms with Crippen molar-refractivity contribution in [1.82, 2.24) is 13.5 Å². The molecule has 4 fully saturated rings. The molecule has 4 saturated heterocycles. The van der Waals surface area contributed by atoms with Gasteiger partial charge in [-0.1, -0.05) is 7.92 Å². The molecular formula is C5H10N3PS. The lowest BCUT2D eigenvalue weighted by atomic mass is 10.7. The standard InChI is InChI=1S/C5H10N3PS/c1-6-2-8-5-9(3-6)4-7(1)10-8/h1-5H2. The number of nitrogens with zero attached hydrogens (tertiary/aromatic N) is 3. The monoisotopic (exact) mass is 175 g/mol. The van der Waals surface area contributed by atoms with E-state index in [1.54, 1.807) is 0 Å². The van der Waals surface area contributed by atoms with Crippen LogP contribution < -0.4 is 0 Å². The minimum absolute atomic E-state index is 0.345. The molecule has 0 amide bonds. The molecule has 4 aliphatic heterocycles. The smallest absolute Gasteiger partial charge is 0.0637 e. The lowest BCUT2D eigenvalue weighted by Crippen LogP contribution is -2.55. The van der Waals surface area contributed by atoms with E-state index in [1.165, 1.54) is 32.2 Å². The van der Waals surface area contributed by atoms with E-state index < -0.39 is 0 Å². The third kappa shape index (κ3) is 0.836. The van der Waals surface area contributed by atoms with E-state index in [0.717, 1.165) is 0 Å². The third-order valence-corrected chi connectivity index (χ3v) is 5.68. The van der Waals surface area contributed by atoms with E-state index >= 15 is 0 Å². The quantitative estimate of drug-likeness (QED) is 0.397. The zero-order chi connectivity index (χ0) is 6.55. The van der Waals surface area contributed by atoms with Crippen LogP contribution >= 0.6 is 20.1 Å². The van der Waals surface area contributed by atoms with Gasteiger partial charge in [0.1, 0.15) is 0 Å². The maximum Gasteiger partial charge on any atom is 0.0637 e. The summed E-state index contributed by atoms with van der Waals surface area (Å²) >= 11 is 1.95. The largest absolute Gasteiger partial charge is 0.272 e. The van der Waals surface area contributed by atoms with E-state index in [0.29, 0.717) is 7.92 Å². The van der Waals surface area contributed by atoms with Crippen LogP contribution in [-0.4, -0.2) is 45.7 Å².